The fraction of sp³-hybridized carbons (Fsp3) is 0.300. The minimum Gasteiger partial charge on any atom is -0.480 e. The van der Waals surface area contributed by atoms with Crippen LogP contribution >= 0.6 is 11.3 Å². The molecule has 1 aromatic carbocycles. The number of methoxy groups -OCH3 is 1. The van der Waals surface area contributed by atoms with Gasteiger partial charge in [0.2, 0.25) is 0 Å². The third-order valence-corrected chi connectivity index (χ3v) is 5.29. The van der Waals surface area contributed by atoms with Crippen molar-refractivity contribution in [2.24, 2.45) is 0 Å². The smallest absolute Gasteiger partial charge is 0.341 e. The van der Waals surface area contributed by atoms with Crippen molar-refractivity contribution in [1.82, 2.24) is 0 Å². The van der Waals surface area contributed by atoms with Gasteiger partial charge in [-0.15, -0.1) is 11.3 Å². The summed E-state index contributed by atoms with van der Waals surface area (Å²) in [6, 6.07) is 5.58. The van der Waals surface area contributed by atoms with E-state index in [1.807, 2.05) is 26.0 Å². The van der Waals surface area contributed by atoms with Gasteiger partial charge in [-0.1, -0.05) is 17.7 Å². The Morgan fingerprint density at radius 2 is 1.77 bits per heavy atom. The second-order valence-corrected chi connectivity index (χ2v) is 7.48. The molecule has 0 atom stereocenters. The number of anilines is 2. The van der Waals surface area contributed by atoms with Crippen LogP contribution < -0.4 is 10.6 Å². The molecule has 0 saturated carbocycles. The number of thiophene rings is 1. The molecule has 0 aliphatic rings. The van der Waals surface area contributed by atoms with Crippen molar-refractivity contribution >= 4 is 45.8 Å². The van der Waals surface area contributed by atoms with Crippen molar-refractivity contribution in [1.29, 1.82) is 0 Å². The van der Waals surface area contributed by atoms with E-state index in [2.05, 4.69) is 10.6 Å². The Morgan fingerprint density at radius 3 is 2.37 bits per heavy atom. The van der Waals surface area contributed by atoms with Gasteiger partial charge in [0.15, 0.2) is 0 Å². The van der Waals surface area contributed by atoms with Crippen LogP contribution in [0.15, 0.2) is 18.2 Å². The molecule has 2 amide bonds. The van der Waals surface area contributed by atoms with E-state index in [0.717, 1.165) is 22.5 Å². The van der Waals surface area contributed by atoms with Gasteiger partial charge in [0.1, 0.15) is 18.2 Å². The van der Waals surface area contributed by atoms with E-state index in [1.165, 1.54) is 7.11 Å². The van der Waals surface area contributed by atoms with Gasteiger partial charge < -0.3 is 25.2 Å². The highest BCUT2D eigenvalue weighted by molar-refractivity contribution is 7.18. The first-order chi connectivity index (χ1) is 14.1. The molecule has 0 saturated heterocycles. The number of carboxylic acid groups (broad SMARTS) is 1. The number of esters is 1. The Hall–Kier alpha value is -3.24. The third-order valence-electron chi connectivity index (χ3n) is 4.08. The average molecular weight is 434 g/mol. The quantitative estimate of drug-likeness (QED) is 0.545. The van der Waals surface area contributed by atoms with E-state index in [1.54, 1.807) is 13.0 Å². The largest absolute Gasteiger partial charge is 0.480 e. The lowest BCUT2D eigenvalue weighted by Crippen LogP contribution is -2.21. The Morgan fingerprint density at radius 1 is 1.07 bits per heavy atom. The van der Waals surface area contributed by atoms with Gasteiger partial charge in [-0.05, 0) is 38.0 Å². The summed E-state index contributed by atoms with van der Waals surface area (Å²) in [5.41, 5.74) is 2.98. The maximum absolute atomic E-state index is 12.8. The standard InChI is InChI=1S/C20H22N2O7S/c1-10-5-6-13(11(2)7-10)21-18(26)17-12(3)16(20(27)28-4)19(30-17)22-14(23)8-29-9-15(24)25/h5-7H,8-9H2,1-4H3,(H,21,26)(H,22,23)(H,24,25). The molecule has 1 aromatic heterocycles. The maximum Gasteiger partial charge on any atom is 0.341 e. The predicted molar refractivity (Wildman–Crippen MR) is 111 cm³/mol. The molecule has 0 spiro atoms. The molecule has 0 radical (unpaired) electrons. The topological polar surface area (TPSA) is 131 Å². The van der Waals surface area contributed by atoms with E-state index >= 15 is 0 Å². The van der Waals surface area contributed by atoms with E-state index in [4.69, 9.17) is 14.6 Å². The Kier molecular flexibility index (Phi) is 7.67. The average Bonchev–Trinajstić information content (AvgIpc) is 2.99. The van der Waals surface area contributed by atoms with Crippen LogP contribution in [0.4, 0.5) is 10.7 Å². The SMILES string of the molecule is COC(=O)c1c(NC(=O)COCC(=O)O)sc(C(=O)Nc2ccc(C)cc2C)c1C. The molecule has 0 fully saturated rings. The number of carbonyl (C=O) groups is 4. The molecular weight excluding hydrogens is 412 g/mol. The summed E-state index contributed by atoms with van der Waals surface area (Å²) in [4.78, 5) is 47.8. The van der Waals surface area contributed by atoms with Gasteiger partial charge in [0.25, 0.3) is 11.8 Å². The lowest BCUT2D eigenvalue weighted by Gasteiger charge is -2.08. The van der Waals surface area contributed by atoms with Gasteiger partial charge in [-0.2, -0.15) is 0 Å². The first-order valence-corrected chi connectivity index (χ1v) is 9.65. The number of carbonyl (C=O) groups excluding carboxylic acids is 3. The van der Waals surface area contributed by atoms with Crippen LogP contribution in [-0.2, 0) is 19.1 Å². The molecule has 30 heavy (non-hydrogen) atoms. The van der Waals surface area contributed by atoms with E-state index in [-0.39, 0.29) is 15.4 Å². The monoisotopic (exact) mass is 434 g/mol. The predicted octanol–water partition coefficient (Wildman–Crippen LogP) is 2.75. The van der Waals surface area contributed by atoms with E-state index in [9.17, 15) is 19.2 Å². The first kappa shape index (κ1) is 23.0. The van der Waals surface area contributed by atoms with Crippen molar-refractivity contribution in [2.75, 3.05) is 31.0 Å². The Labute approximate surface area is 177 Å². The van der Waals surface area contributed by atoms with Crippen molar-refractivity contribution in [3.8, 4) is 0 Å². The van der Waals surface area contributed by atoms with Crippen molar-refractivity contribution in [3.63, 3.8) is 0 Å². The number of benzene rings is 1. The van der Waals surface area contributed by atoms with Gasteiger partial charge in [0, 0.05) is 5.69 Å². The van der Waals surface area contributed by atoms with Gasteiger partial charge in [-0.25, -0.2) is 9.59 Å². The number of hydrogen-bond acceptors (Lipinski definition) is 7. The van der Waals surface area contributed by atoms with E-state index < -0.39 is 37.0 Å². The molecule has 0 bridgehead atoms. The zero-order chi connectivity index (χ0) is 22.4. The van der Waals surface area contributed by atoms with Crippen LogP contribution in [0.1, 0.15) is 36.7 Å². The Balaban J connectivity index is 2.27. The molecule has 9 nitrogen and oxygen atoms in total. The normalized spacial score (nSPS) is 10.4. The van der Waals surface area contributed by atoms with Crippen molar-refractivity contribution in [3.05, 3.63) is 45.3 Å². The zero-order valence-corrected chi connectivity index (χ0v) is 17.8. The van der Waals surface area contributed by atoms with Crippen molar-refractivity contribution < 1.29 is 33.8 Å². The summed E-state index contributed by atoms with van der Waals surface area (Å²) < 4.78 is 9.51. The molecule has 10 heteroatoms. The number of ether oxygens (including phenoxy) is 2. The van der Waals surface area contributed by atoms with Gasteiger partial charge in [-0.3, -0.25) is 9.59 Å². The fourth-order valence-electron chi connectivity index (χ4n) is 2.69. The summed E-state index contributed by atoms with van der Waals surface area (Å²) in [7, 11) is 1.19. The molecule has 2 rings (SSSR count). The molecule has 160 valence electrons. The lowest BCUT2D eigenvalue weighted by atomic mass is 10.1. The number of hydrogen-bond donors (Lipinski definition) is 3. The number of nitrogens with one attached hydrogen (secondary N) is 2. The summed E-state index contributed by atoms with van der Waals surface area (Å²) in [6.07, 6.45) is 0. The minimum atomic E-state index is -1.21. The summed E-state index contributed by atoms with van der Waals surface area (Å²) in [5.74, 6) is -3.02. The molecule has 1 heterocycles. The molecule has 0 aliphatic carbocycles. The highest BCUT2D eigenvalue weighted by Crippen LogP contribution is 2.34. The number of carboxylic acids is 1. The molecule has 0 unspecified atom stereocenters. The van der Waals surface area contributed by atoms with Crippen LogP contribution in [0, 0.1) is 20.8 Å². The fourth-order valence-corrected chi connectivity index (χ4v) is 3.80. The van der Waals surface area contributed by atoms with Gasteiger partial charge >= 0.3 is 11.9 Å². The summed E-state index contributed by atoms with van der Waals surface area (Å²) >= 11 is 0.918. The van der Waals surface area contributed by atoms with E-state index in [0.29, 0.717) is 11.3 Å². The maximum atomic E-state index is 12.8. The highest BCUT2D eigenvalue weighted by Gasteiger charge is 2.26. The van der Waals surface area contributed by atoms with Crippen LogP contribution in [0.2, 0.25) is 0 Å². The first-order valence-electron chi connectivity index (χ1n) is 8.83. The summed E-state index contributed by atoms with van der Waals surface area (Å²) in [5, 5.41) is 14.0. The van der Waals surface area contributed by atoms with Crippen LogP contribution in [0.5, 0.6) is 0 Å². The number of aryl methyl sites for hydroxylation is 2. The lowest BCUT2D eigenvalue weighted by molar-refractivity contribution is -0.143. The zero-order valence-electron chi connectivity index (χ0n) is 17.0. The minimum absolute atomic E-state index is 0.0554. The molecule has 2 aromatic rings. The van der Waals surface area contributed by atoms with Crippen LogP contribution in [-0.4, -0.2) is 49.2 Å². The van der Waals surface area contributed by atoms with Crippen LogP contribution in [0.25, 0.3) is 0 Å². The highest BCUT2D eigenvalue weighted by atomic mass is 32.1. The van der Waals surface area contributed by atoms with Crippen LogP contribution in [0.3, 0.4) is 0 Å². The molecular formula is C20H22N2O7S. The number of amides is 2. The second-order valence-electron chi connectivity index (χ2n) is 6.46. The molecule has 0 aliphatic heterocycles. The Bertz CT molecular complexity index is 997. The third kappa shape index (κ3) is 5.65. The number of rotatable bonds is 8. The second kappa shape index (κ2) is 9.99. The molecule has 3 N–H and O–H groups in total. The summed E-state index contributed by atoms with van der Waals surface area (Å²) in [6.45, 7) is 4.24. The van der Waals surface area contributed by atoms with Crippen molar-refractivity contribution in [2.45, 2.75) is 20.8 Å². The number of aliphatic carboxylic acids is 1. The van der Waals surface area contributed by atoms with Gasteiger partial charge in [0.05, 0.1) is 17.6 Å².